The van der Waals surface area contributed by atoms with Gasteiger partial charge in [0, 0.05) is 18.4 Å². The fourth-order valence-corrected chi connectivity index (χ4v) is 2.94. The summed E-state index contributed by atoms with van der Waals surface area (Å²) in [6.45, 7) is 6.22. The van der Waals surface area contributed by atoms with E-state index in [2.05, 4.69) is 5.32 Å². The second kappa shape index (κ2) is 7.11. The van der Waals surface area contributed by atoms with Gasteiger partial charge in [0.2, 0.25) is 0 Å². The molecule has 3 rings (SSSR count). The largest absolute Gasteiger partial charge is 0.494 e. The highest BCUT2D eigenvalue weighted by molar-refractivity contribution is 6.39. The molecule has 7 nitrogen and oxygen atoms in total. The van der Waals surface area contributed by atoms with Gasteiger partial charge < -0.3 is 9.30 Å². The van der Waals surface area contributed by atoms with Gasteiger partial charge in [0.15, 0.2) is 0 Å². The van der Waals surface area contributed by atoms with Crippen molar-refractivity contribution < 1.29 is 19.1 Å². The van der Waals surface area contributed by atoms with Crippen molar-refractivity contribution in [2.75, 3.05) is 11.5 Å². The molecule has 1 N–H and O–H groups in total. The minimum atomic E-state index is -0.771. The van der Waals surface area contributed by atoms with Crippen LogP contribution in [0.15, 0.2) is 35.9 Å². The summed E-state index contributed by atoms with van der Waals surface area (Å²) in [7, 11) is 1.91. The second-order valence-corrected chi connectivity index (χ2v) is 6.27. The van der Waals surface area contributed by atoms with E-state index < -0.39 is 17.8 Å². The summed E-state index contributed by atoms with van der Waals surface area (Å²) in [6.07, 6.45) is 1.52. The number of amides is 4. The van der Waals surface area contributed by atoms with Crippen molar-refractivity contribution in [2.45, 2.75) is 20.8 Å². The number of rotatable bonds is 4. The van der Waals surface area contributed by atoms with E-state index in [4.69, 9.17) is 4.74 Å². The SMILES string of the molecule is CCOc1ccc(N2C(=O)NC(=O)/C(=C\c3cc(C)n(C)c3C)C2=O)cc1. The quantitative estimate of drug-likeness (QED) is 0.665. The first kappa shape index (κ1) is 18.4. The van der Waals surface area contributed by atoms with Gasteiger partial charge in [0.05, 0.1) is 12.3 Å². The third kappa shape index (κ3) is 3.36. The zero-order valence-corrected chi connectivity index (χ0v) is 15.7. The van der Waals surface area contributed by atoms with Crippen LogP contribution in [0.2, 0.25) is 0 Å². The Balaban J connectivity index is 1.98. The molecule has 2 aromatic rings. The van der Waals surface area contributed by atoms with E-state index in [1.807, 2.05) is 38.5 Å². The van der Waals surface area contributed by atoms with Gasteiger partial charge in [-0.1, -0.05) is 0 Å². The van der Waals surface area contributed by atoms with Gasteiger partial charge in [0.1, 0.15) is 11.3 Å². The van der Waals surface area contributed by atoms with Gasteiger partial charge >= 0.3 is 6.03 Å². The van der Waals surface area contributed by atoms with E-state index >= 15 is 0 Å². The van der Waals surface area contributed by atoms with E-state index in [0.717, 1.165) is 21.9 Å². The maximum Gasteiger partial charge on any atom is 0.335 e. The minimum Gasteiger partial charge on any atom is -0.494 e. The molecule has 27 heavy (non-hydrogen) atoms. The van der Waals surface area contributed by atoms with Crippen LogP contribution in [-0.4, -0.2) is 29.0 Å². The van der Waals surface area contributed by atoms with Crippen molar-refractivity contribution in [1.82, 2.24) is 9.88 Å². The molecule has 7 heteroatoms. The number of benzene rings is 1. The van der Waals surface area contributed by atoms with Crippen molar-refractivity contribution in [2.24, 2.45) is 7.05 Å². The maximum absolute atomic E-state index is 12.9. The molecule has 1 aromatic heterocycles. The molecule has 0 radical (unpaired) electrons. The van der Waals surface area contributed by atoms with Gasteiger partial charge in [-0.3, -0.25) is 14.9 Å². The molecule has 0 spiro atoms. The van der Waals surface area contributed by atoms with Crippen molar-refractivity contribution in [1.29, 1.82) is 0 Å². The molecule has 0 unspecified atom stereocenters. The molecular formula is C20H21N3O4. The summed E-state index contributed by atoms with van der Waals surface area (Å²) in [6, 6.07) is 7.67. The van der Waals surface area contributed by atoms with Crippen LogP contribution >= 0.6 is 0 Å². The molecule has 1 aromatic carbocycles. The number of hydrogen-bond donors (Lipinski definition) is 1. The summed E-state index contributed by atoms with van der Waals surface area (Å²) in [5.41, 5.74) is 2.96. The van der Waals surface area contributed by atoms with Crippen LogP contribution in [-0.2, 0) is 16.6 Å². The van der Waals surface area contributed by atoms with Crippen molar-refractivity contribution in [3.05, 3.63) is 52.9 Å². The lowest BCUT2D eigenvalue weighted by molar-refractivity contribution is -0.122. The Morgan fingerprint density at radius 1 is 1.11 bits per heavy atom. The van der Waals surface area contributed by atoms with Crippen LogP contribution in [0.25, 0.3) is 6.08 Å². The Morgan fingerprint density at radius 2 is 1.78 bits per heavy atom. The highest BCUT2D eigenvalue weighted by atomic mass is 16.5. The number of carbonyl (C=O) groups excluding carboxylic acids is 3. The zero-order chi connectivity index (χ0) is 19.7. The predicted octanol–water partition coefficient (Wildman–Crippen LogP) is 2.71. The Morgan fingerprint density at radius 3 is 2.33 bits per heavy atom. The number of hydrogen-bond acceptors (Lipinski definition) is 4. The zero-order valence-electron chi connectivity index (χ0n) is 15.7. The van der Waals surface area contributed by atoms with E-state index in [0.29, 0.717) is 18.0 Å². The number of carbonyl (C=O) groups is 3. The maximum atomic E-state index is 12.9. The van der Waals surface area contributed by atoms with Gasteiger partial charge in [0.25, 0.3) is 11.8 Å². The first-order valence-electron chi connectivity index (χ1n) is 8.60. The Bertz CT molecular complexity index is 954. The van der Waals surface area contributed by atoms with Gasteiger partial charge in [-0.05, 0) is 62.7 Å². The highest BCUT2D eigenvalue weighted by Crippen LogP contribution is 2.25. The van der Waals surface area contributed by atoms with Crippen LogP contribution in [0.1, 0.15) is 23.9 Å². The van der Waals surface area contributed by atoms with Gasteiger partial charge in [-0.2, -0.15) is 0 Å². The smallest absolute Gasteiger partial charge is 0.335 e. The summed E-state index contributed by atoms with van der Waals surface area (Å²) in [4.78, 5) is 38.4. The number of urea groups is 1. The van der Waals surface area contributed by atoms with E-state index in [-0.39, 0.29) is 5.57 Å². The topological polar surface area (TPSA) is 80.6 Å². The number of anilines is 1. The molecule has 4 amide bonds. The molecule has 0 atom stereocenters. The lowest BCUT2D eigenvalue weighted by atomic mass is 10.1. The first-order chi connectivity index (χ1) is 12.8. The lowest BCUT2D eigenvalue weighted by Gasteiger charge is -2.26. The van der Waals surface area contributed by atoms with E-state index in [1.165, 1.54) is 6.08 Å². The Kier molecular flexibility index (Phi) is 4.85. The molecule has 1 saturated heterocycles. The summed E-state index contributed by atoms with van der Waals surface area (Å²) < 4.78 is 7.34. The Labute approximate surface area is 157 Å². The normalized spacial score (nSPS) is 16.1. The number of nitrogens with zero attached hydrogens (tertiary/aromatic N) is 2. The monoisotopic (exact) mass is 367 g/mol. The first-order valence-corrected chi connectivity index (χ1v) is 8.60. The van der Waals surface area contributed by atoms with E-state index in [9.17, 15) is 14.4 Å². The standard InChI is InChI=1S/C20H21N3O4/c1-5-27-16-8-6-15(7-9-16)23-19(25)17(18(24)21-20(23)26)11-14-10-12(2)22(4)13(14)3/h6-11H,5H2,1-4H3,(H,21,24,26)/b17-11+. The third-order valence-electron chi connectivity index (χ3n) is 4.62. The van der Waals surface area contributed by atoms with Crippen LogP contribution in [0.5, 0.6) is 5.75 Å². The number of nitrogens with one attached hydrogen (secondary N) is 1. The number of ether oxygens (including phenoxy) is 1. The Hall–Kier alpha value is -3.35. The molecule has 2 heterocycles. The molecule has 1 aliphatic rings. The number of imide groups is 2. The lowest BCUT2D eigenvalue weighted by Crippen LogP contribution is -2.54. The molecule has 1 aliphatic heterocycles. The van der Waals surface area contributed by atoms with Crippen LogP contribution in [0.3, 0.4) is 0 Å². The third-order valence-corrected chi connectivity index (χ3v) is 4.62. The molecule has 1 fully saturated rings. The molecular weight excluding hydrogens is 346 g/mol. The van der Waals surface area contributed by atoms with Gasteiger partial charge in [-0.25, -0.2) is 9.69 Å². The van der Waals surface area contributed by atoms with Crippen LogP contribution in [0.4, 0.5) is 10.5 Å². The van der Waals surface area contributed by atoms with E-state index in [1.54, 1.807) is 24.3 Å². The highest BCUT2D eigenvalue weighted by Gasteiger charge is 2.37. The van der Waals surface area contributed by atoms with Crippen LogP contribution in [0, 0.1) is 13.8 Å². The molecule has 140 valence electrons. The van der Waals surface area contributed by atoms with Crippen LogP contribution < -0.4 is 15.0 Å². The number of aryl methyl sites for hydroxylation is 1. The number of aromatic nitrogens is 1. The predicted molar refractivity (Wildman–Crippen MR) is 101 cm³/mol. The van der Waals surface area contributed by atoms with Crippen molar-refractivity contribution >= 4 is 29.6 Å². The molecule has 0 bridgehead atoms. The summed E-state index contributed by atoms with van der Waals surface area (Å²) in [5, 5.41) is 2.23. The average Bonchev–Trinajstić information content (AvgIpc) is 2.87. The molecule has 0 aliphatic carbocycles. The summed E-state index contributed by atoms with van der Waals surface area (Å²) >= 11 is 0. The van der Waals surface area contributed by atoms with Crippen molar-refractivity contribution in [3.63, 3.8) is 0 Å². The number of barbiturate groups is 1. The van der Waals surface area contributed by atoms with Gasteiger partial charge in [-0.15, -0.1) is 0 Å². The molecule has 0 saturated carbocycles. The average molecular weight is 367 g/mol. The summed E-state index contributed by atoms with van der Waals surface area (Å²) in [5.74, 6) is -0.727. The fraction of sp³-hybridized carbons (Fsp3) is 0.250. The second-order valence-electron chi connectivity index (χ2n) is 6.27. The fourth-order valence-electron chi connectivity index (χ4n) is 2.94. The minimum absolute atomic E-state index is 0.0859. The van der Waals surface area contributed by atoms with Crippen molar-refractivity contribution in [3.8, 4) is 5.75 Å².